The predicted octanol–water partition coefficient (Wildman–Crippen LogP) is 44.2. The minimum atomic E-state index is 1.16. The monoisotopic (exact) mass is 2030 g/mol. The van der Waals surface area contributed by atoms with Crippen LogP contribution in [0, 0.1) is 0 Å². The highest BCUT2D eigenvalue weighted by Gasteiger charge is 2.28. The molecule has 8 heterocycles. The Balaban J connectivity index is 0.0000000933. The molecule has 0 fully saturated rings. The molecule has 0 N–H and O–H groups in total. The van der Waals surface area contributed by atoms with Gasteiger partial charge in [-0.3, -0.25) is 0 Å². The summed E-state index contributed by atoms with van der Waals surface area (Å²) >= 11 is 15.2. The molecule has 0 amide bonds. The third-order valence-electron chi connectivity index (χ3n) is 29.0. The lowest BCUT2D eigenvalue weighted by atomic mass is 10.0. The van der Waals surface area contributed by atoms with Crippen molar-refractivity contribution in [2.24, 2.45) is 0 Å². The van der Waals surface area contributed by atoms with Gasteiger partial charge in [0.15, 0.2) is 0 Å². The fourth-order valence-electron chi connectivity index (χ4n) is 22.3. The molecule has 0 saturated heterocycles. The van der Waals surface area contributed by atoms with E-state index in [0.29, 0.717) is 0 Å². The van der Waals surface area contributed by atoms with Crippen LogP contribution < -0.4 is 19.6 Å². The molecular weight excluding hydrogens is 1950 g/mol. The molecule has 0 unspecified atom stereocenters. The Bertz CT molecular complexity index is 10800. The van der Waals surface area contributed by atoms with Crippen molar-refractivity contribution >= 4 is 363 Å². The third kappa shape index (κ3) is 14.9. The Labute approximate surface area is 884 Å². The Kier molecular flexibility index (Phi) is 21.8. The molecule has 0 aliphatic heterocycles. The van der Waals surface area contributed by atoms with Gasteiger partial charge >= 0.3 is 0 Å². The lowest BCUT2D eigenvalue weighted by Gasteiger charge is -2.27. The summed E-state index contributed by atoms with van der Waals surface area (Å²) in [6.45, 7) is 0. The van der Waals surface area contributed by atoms with E-state index in [9.17, 15) is 0 Å². The van der Waals surface area contributed by atoms with Crippen LogP contribution in [-0.2, 0) is 0 Å². The van der Waals surface area contributed by atoms with Crippen LogP contribution in [0.4, 0.5) is 68.2 Å². The maximum absolute atomic E-state index is 2.43. The van der Waals surface area contributed by atoms with Crippen LogP contribution in [0.1, 0.15) is 0 Å². The Morgan fingerprint density at radius 3 is 0.716 bits per heavy atom. The molecule has 0 radical (unpaired) electrons. The van der Waals surface area contributed by atoms with Crippen molar-refractivity contribution in [1.29, 1.82) is 0 Å². The fraction of sp³-hybridized carbons (Fsp3) is 0. The Hall–Kier alpha value is -16.7. The fourth-order valence-corrected chi connectivity index (χ4v) is 32.5. The first-order valence-electron chi connectivity index (χ1n) is 49.8. The maximum Gasteiger partial charge on any atom is 0.0640 e. The van der Waals surface area contributed by atoms with Gasteiger partial charge < -0.3 is 19.6 Å². The summed E-state index contributed by atoms with van der Waals surface area (Å²) in [5.74, 6) is 0. The molecule has 24 aromatic carbocycles. The van der Waals surface area contributed by atoms with Crippen LogP contribution in [0.5, 0.6) is 0 Å². The molecule has 0 saturated carbocycles. The molecule has 0 atom stereocenters. The van der Waals surface area contributed by atoms with Crippen molar-refractivity contribution in [1.82, 2.24) is 0 Å². The predicted molar refractivity (Wildman–Crippen MR) is 658 cm³/mol. The minimum Gasteiger partial charge on any atom is -0.309 e. The molecule has 0 spiro atoms. The van der Waals surface area contributed by atoms with Gasteiger partial charge in [-0.25, -0.2) is 0 Å². The van der Waals surface area contributed by atoms with Crippen LogP contribution >= 0.6 is 90.7 Å². The topological polar surface area (TPSA) is 13.0 Å². The van der Waals surface area contributed by atoms with Gasteiger partial charge in [-0.15, -0.1) is 90.7 Å². The van der Waals surface area contributed by atoms with Crippen molar-refractivity contribution in [3.63, 3.8) is 0 Å². The van der Waals surface area contributed by atoms with Crippen LogP contribution in [0.3, 0.4) is 0 Å². The summed E-state index contributed by atoms with van der Waals surface area (Å²) < 4.78 is 21.6. The zero-order valence-electron chi connectivity index (χ0n) is 79.6. The van der Waals surface area contributed by atoms with Crippen LogP contribution in [-0.4, -0.2) is 0 Å². The van der Waals surface area contributed by atoms with Gasteiger partial charge in [0.05, 0.1) is 47.2 Å². The molecule has 4 nitrogen and oxygen atoms in total. The minimum absolute atomic E-state index is 1.16. The molecule has 8 aromatic heterocycles. The maximum atomic E-state index is 2.43. The summed E-state index contributed by atoms with van der Waals surface area (Å²) in [7, 11) is 0. The molecule has 12 heteroatoms. The molecular formula is C136H84N4S8. The number of hydrogen-bond acceptors (Lipinski definition) is 12. The van der Waals surface area contributed by atoms with Crippen molar-refractivity contribution in [2.75, 3.05) is 19.6 Å². The number of para-hydroxylation sites is 5. The van der Waals surface area contributed by atoms with Gasteiger partial charge in [-0.1, -0.05) is 346 Å². The molecule has 0 aliphatic carbocycles. The second kappa shape index (κ2) is 36.8. The first kappa shape index (κ1) is 87.8. The van der Waals surface area contributed by atoms with Crippen molar-refractivity contribution in [2.45, 2.75) is 0 Å². The van der Waals surface area contributed by atoms with E-state index >= 15 is 0 Å². The number of fused-ring (bicyclic) bond motifs is 33. The van der Waals surface area contributed by atoms with Crippen LogP contribution in [0.25, 0.3) is 204 Å². The molecule has 696 valence electrons. The summed E-state index contributed by atoms with van der Waals surface area (Å²) in [5.41, 5.74) is 14.2. The molecule has 148 heavy (non-hydrogen) atoms. The lowest BCUT2D eigenvalue weighted by Crippen LogP contribution is -2.10. The van der Waals surface area contributed by atoms with Gasteiger partial charge in [-0.05, 0) is 201 Å². The zero-order valence-corrected chi connectivity index (χ0v) is 86.1. The normalized spacial score (nSPS) is 11.8. The number of benzene rings is 24. The van der Waals surface area contributed by atoms with E-state index in [4.69, 9.17) is 0 Å². The Morgan fingerprint density at radius 1 is 0.108 bits per heavy atom. The van der Waals surface area contributed by atoms with E-state index < -0.39 is 0 Å². The highest BCUT2D eigenvalue weighted by Crippen LogP contribution is 2.57. The standard InChI is InChI=1S/C38H23NS2.2C34H21NS2.C30H19NS2/c1-2-10-26(11-3-1)39(27-20-19-25-18-17-24-9-4-5-12-28(24)32(25)23-27)33-15-8-14-29-30-21-22-35-36(38(30)41-37(29)33)31-13-6-7-16-34(31)40-35;1-2-12-23(13-3-1)35(28-17-8-11-22-10-4-5-14-24(22)28)29-18-9-16-25-26-20-21-31-32(34(26)37-33(25)29)27-15-6-7-19-30(27)36-31;1-2-11-24(12-3-1)35(25-18-17-22-9-4-5-10-23(22)21-25)29-15-8-14-26-27-19-20-31-32(34(27)37-33(26)29)28-13-6-7-16-30(28)36-31;1-3-10-20(11-4-1)31(21-12-5-2-6-13-21)25-16-9-15-22-23-18-19-27-28(30(23)33-29(22)25)24-14-7-8-17-26(24)32-27/h1-23H;2*1-21H;1-19H. The SMILES string of the molecule is c1ccc(N(c2ccc3ccc4ccccc4c3c2)c2cccc3c2sc2c3ccc3sc4ccccc4c32)cc1.c1ccc(N(c2ccc3ccccc3c2)c2cccc3c2sc2c3ccc3sc4ccccc4c32)cc1.c1ccc(N(c2cccc3ccccc23)c2cccc3c2sc2c3ccc3sc4ccccc4c32)cc1.c1ccc(N(c2ccccc2)c2cccc3c2sc2c3ccc3sc4ccccc4c32)cc1. The molecule has 0 bridgehead atoms. The van der Waals surface area contributed by atoms with E-state index in [1.807, 2.05) is 90.7 Å². The van der Waals surface area contributed by atoms with Crippen LogP contribution in [0.2, 0.25) is 0 Å². The van der Waals surface area contributed by atoms with Crippen molar-refractivity contribution in [3.8, 4) is 0 Å². The van der Waals surface area contributed by atoms with Crippen LogP contribution in [0.15, 0.2) is 510 Å². The summed E-state index contributed by atoms with van der Waals surface area (Å²) in [4.78, 5) is 9.65. The first-order valence-corrected chi connectivity index (χ1v) is 56.3. The van der Waals surface area contributed by atoms with Gasteiger partial charge in [0.2, 0.25) is 0 Å². The third-order valence-corrected chi connectivity index (χ3v) is 38.5. The van der Waals surface area contributed by atoms with E-state index in [-0.39, 0.29) is 0 Å². The molecule has 0 aliphatic rings. The van der Waals surface area contributed by atoms with Gasteiger partial charge in [0.25, 0.3) is 0 Å². The average Bonchev–Trinajstić information content (AvgIpc) is 1.46. The highest BCUT2D eigenvalue weighted by molar-refractivity contribution is 7.32. The van der Waals surface area contributed by atoms with E-state index in [0.717, 1.165) is 22.7 Å². The number of hydrogen-bond donors (Lipinski definition) is 0. The molecule has 32 rings (SSSR count). The van der Waals surface area contributed by atoms with Crippen molar-refractivity contribution in [3.05, 3.63) is 510 Å². The molecule has 32 aromatic rings. The van der Waals surface area contributed by atoms with Gasteiger partial charge in [0, 0.05) is 188 Å². The van der Waals surface area contributed by atoms with Gasteiger partial charge in [0.1, 0.15) is 0 Å². The van der Waals surface area contributed by atoms with E-state index in [2.05, 4.69) is 529 Å². The van der Waals surface area contributed by atoms with Crippen molar-refractivity contribution < 1.29 is 0 Å². The largest absolute Gasteiger partial charge is 0.309 e. The van der Waals surface area contributed by atoms with Gasteiger partial charge in [-0.2, -0.15) is 0 Å². The number of thiophene rings is 8. The lowest BCUT2D eigenvalue weighted by molar-refractivity contribution is 1.30. The number of rotatable bonds is 12. The number of nitrogens with zero attached hydrogens (tertiary/aromatic N) is 4. The smallest absolute Gasteiger partial charge is 0.0640 e. The summed E-state index contributed by atoms with van der Waals surface area (Å²) in [6.07, 6.45) is 0. The van der Waals surface area contributed by atoms with E-state index in [1.165, 1.54) is 250 Å². The average molecular weight is 2030 g/mol. The first-order chi connectivity index (χ1) is 73.4. The number of anilines is 12. The van der Waals surface area contributed by atoms with E-state index in [1.54, 1.807) is 0 Å². The quantitative estimate of drug-likeness (QED) is 0.113. The second-order valence-corrected chi connectivity index (χ2v) is 45.8. The zero-order chi connectivity index (χ0) is 97.4. The summed E-state index contributed by atoms with van der Waals surface area (Å²) in [5, 5.41) is 31.7. The Morgan fingerprint density at radius 2 is 0.345 bits per heavy atom. The highest BCUT2D eigenvalue weighted by atomic mass is 32.1. The second-order valence-electron chi connectivity index (χ2n) is 37.4. The summed E-state index contributed by atoms with van der Waals surface area (Å²) in [6, 6.07) is 185.